The zero-order valence-electron chi connectivity index (χ0n) is 6.84. The zero-order chi connectivity index (χ0) is 9.68. The highest BCUT2D eigenvalue weighted by atomic mass is 79.9. The van der Waals surface area contributed by atoms with Crippen molar-refractivity contribution < 1.29 is 9.18 Å². The van der Waals surface area contributed by atoms with Gasteiger partial charge in [0.25, 0.3) is 0 Å². The van der Waals surface area contributed by atoms with Gasteiger partial charge in [0, 0.05) is 10.9 Å². The van der Waals surface area contributed by atoms with Crippen molar-refractivity contribution in [1.29, 1.82) is 0 Å². The van der Waals surface area contributed by atoms with Gasteiger partial charge in [-0.2, -0.15) is 0 Å². The van der Waals surface area contributed by atoms with Gasteiger partial charge in [-0.3, -0.25) is 0 Å². The number of hydrogen-bond acceptors (Lipinski definition) is 1. The molecule has 1 nitrogen and oxygen atoms in total. The van der Waals surface area contributed by atoms with E-state index in [9.17, 15) is 9.18 Å². The van der Waals surface area contributed by atoms with E-state index in [1.54, 1.807) is 18.2 Å². The van der Waals surface area contributed by atoms with E-state index in [1.165, 1.54) is 12.1 Å². The van der Waals surface area contributed by atoms with Gasteiger partial charge in [-0.05, 0) is 23.8 Å². The summed E-state index contributed by atoms with van der Waals surface area (Å²) in [4.78, 5) is 10.0. The Morgan fingerprint density at radius 3 is 2.92 bits per heavy atom. The summed E-state index contributed by atoms with van der Waals surface area (Å²) in [7, 11) is 0. The molecule has 0 radical (unpaired) electrons. The summed E-state index contributed by atoms with van der Waals surface area (Å²) in [6, 6.07) is 4.42. The molecule has 0 aliphatic carbocycles. The maximum absolute atomic E-state index is 12.7. The van der Waals surface area contributed by atoms with E-state index in [2.05, 4.69) is 15.9 Å². The van der Waals surface area contributed by atoms with Crippen LogP contribution in [0, 0.1) is 5.82 Å². The van der Waals surface area contributed by atoms with Crippen LogP contribution < -0.4 is 0 Å². The Morgan fingerprint density at radius 2 is 2.23 bits per heavy atom. The molecule has 13 heavy (non-hydrogen) atoms. The summed E-state index contributed by atoms with van der Waals surface area (Å²) in [6.07, 6.45) is 4.54. The first-order chi connectivity index (χ1) is 6.24. The second-order valence-electron chi connectivity index (χ2n) is 2.47. The number of rotatable bonds is 3. The van der Waals surface area contributed by atoms with Crippen molar-refractivity contribution in [3.63, 3.8) is 0 Å². The van der Waals surface area contributed by atoms with E-state index in [0.717, 1.165) is 16.3 Å². The fourth-order valence-corrected chi connectivity index (χ4v) is 1.27. The Balaban J connectivity index is 2.86. The van der Waals surface area contributed by atoms with Gasteiger partial charge in [-0.15, -0.1) is 0 Å². The second-order valence-corrected chi connectivity index (χ2v) is 3.32. The SMILES string of the molecule is O=CCC=Cc1cc(F)ccc1Br. The first-order valence-electron chi connectivity index (χ1n) is 3.79. The molecule has 0 fully saturated rings. The lowest BCUT2D eigenvalue weighted by molar-refractivity contribution is -0.107. The predicted molar refractivity (Wildman–Crippen MR) is 53.8 cm³/mol. The van der Waals surface area contributed by atoms with Crippen LogP contribution >= 0.6 is 15.9 Å². The predicted octanol–water partition coefficient (Wildman–Crippen LogP) is 3.19. The summed E-state index contributed by atoms with van der Waals surface area (Å²) in [5.74, 6) is -0.283. The molecule has 0 saturated heterocycles. The molecular weight excluding hydrogens is 235 g/mol. The van der Waals surface area contributed by atoms with Gasteiger partial charge in [0.2, 0.25) is 0 Å². The number of carbonyl (C=O) groups excluding carboxylic acids is 1. The molecule has 1 rings (SSSR count). The summed E-state index contributed by atoms with van der Waals surface area (Å²) >= 11 is 3.28. The first-order valence-corrected chi connectivity index (χ1v) is 4.58. The van der Waals surface area contributed by atoms with Crippen LogP contribution in [0.3, 0.4) is 0 Å². The molecule has 0 heterocycles. The van der Waals surface area contributed by atoms with Crippen molar-refractivity contribution in [2.45, 2.75) is 6.42 Å². The van der Waals surface area contributed by atoms with Gasteiger partial charge in [0.1, 0.15) is 12.1 Å². The molecule has 0 saturated carbocycles. The number of aldehydes is 1. The van der Waals surface area contributed by atoms with Crippen LogP contribution in [-0.4, -0.2) is 6.29 Å². The average Bonchev–Trinajstić information content (AvgIpc) is 2.11. The lowest BCUT2D eigenvalue weighted by Crippen LogP contribution is -1.79. The van der Waals surface area contributed by atoms with Gasteiger partial charge >= 0.3 is 0 Å². The molecule has 1 aromatic carbocycles. The van der Waals surface area contributed by atoms with Crippen LogP contribution in [0.15, 0.2) is 28.7 Å². The highest BCUT2D eigenvalue weighted by Crippen LogP contribution is 2.19. The minimum atomic E-state index is -0.283. The van der Waals surface area contributed by atoms with Gasteiger partial charge < -0.3 is 4.79 Å². The quantitative estimate of drug-likeness (QED) is 0.745. The lowest BCUT2D eigenvalue weighted by Gasteiger charge is -1.97. The van der Waals surface area contributed by atoms with E-state index in [-0.39, 0.29) is 5.82 Å². The van der Waals surface area contributed by atoms with Crippen LogP contribution in [-0.2, 0) is 4.79 Å². The van der Waals surface area contributed by atoms with Crippen LogP contribution in [0.2, 0.25) is 0 Å². The van der Waals surface area contributed by atoms with Crippen LogP contribution in [0.4, 0.5) is 4.39 Å². The molecule has 1 aromatic rings. The molecule has 68 valence electrons. The topological polar surface area (TPSA) is 17.1 Å². The van der Waals surface area contributed by atoms with Crippen molar-refractivity contribution in [2.75, 3.05) is 0 Å². The summed E-state index contributed by atoms with van der Waals surface area (Å²) in [6.45, 7) is 0. The minimum Gasteiger partial charge on any atom is -0.303 e. The summed E-state index contributed by atoms with van der Waals surface area (Å²) < 4.78 is 13.5. The fraction of sp³-hybridized carbons (Fsp3) is 0.100. The first kappa shape index (κ1) is 10.1. The molecule has 0 N–H and O–H groups in total. The zero-order valence-corrected chi connectivity index (χ0v) is 8.42. The highest BCUT2D eigenvalue weighted by molar-refractivity contribution is 9.10. The molecule has 0 bridgehead atoms. The van der Waals surface area contributed by atoms with Crippen LogP contribution in [0.25, 0.3) is 6.08 Å². The molecule has 0 amide bonds. The van der Waals surface area contributed by atoms with Gasteiger partial charge in [-0.25, -0.2) is 4.39 Å². The Bertz CT molecular complexity index is 334. The molecule has 0 aliphatic rings. The van der Waals surface area contributed by atoms with Crippen molar-refractivity contribution in [1.82, 2.24) is 0 Å². The Kier molecular flexibility index (Phi) is 3.83. The van der Waals surface area contributed by atoms with E-state index in [1.807, 2.05) is 0 Å². The third-order valence-corrected chi connectivity index (χ3v) is 2.21. The molecule has 0 atom stereocenters. The van der Waals surface area contributed by atoms with E-state index in [0.29, 0.717) is 6.42 Å². The monoisotopic (exact) mass is 242 g/mol. The Hall–Kier alpha value is -0.960. The standard InChI is InChI=1S/C10H8BrFO/c11-10-5-4-9(12)7-8(10)3-1-2-6-13/h1,3-7H,2H2. The van der Waals surface area contributed by atoms with Crippen LogP contribution in [0.5, 0.6) is 0 Å². The summed E-state index contributed by atoms with van der Waals surface area (Å²) in [5.41, 5.74) is 0.738. The maximum Gasteiger partial charge on any atom is 0.123 e. The molecule has 0 aromatic heterocycles. The van der Waals surface area contributed by atoms with Crippen molar-refractivity contribution in [2.24, 2.45) is 0 Å². The third-order valence-electron chi connectivity index (χ3n) is 1.49. The van der Waals surface area contributed by atoms with E-state index < -0.39 is 0 Å². The molecule has 0 unspecified atom stereocenters. The molecule has 0 aliphatic heterocycles. The van der Waals surface area contributed by atoms with Gasteiger partial charge in [-0.1, -0.05) is 28.1 Å². The minimum absolute atomic E-state index is 0.283. The number of halogens is 2. The van der Waals surface area contributed by atoms with Crippen LogP contribution in [0.1, 0.15) is 12.0 Å². The second kappa shape index (κ2) is 4.92. The number of carbonyl (C=O) groups is 1. The molecule has 0 spiro atoms. The third kappa shape index (κ3) is 3.11. The van der Waals surface area contributed by atoms with E-state index >= 15 is 0 Å². The normalized spacial score (nSPS) is 10.6. The van der Waals surface area contributed by atoms with Gasteiger partial charge in [0.15, 0.2) is 0 Å². The van der Waals surface area contributed by atoms with E-state index in [4.69, 9.17) is 0 Å². The maximum atomic E-state index is 12.7. The highest BCUT2D eigenvalue weighted by Gasteiger charge is 1.96. The number of hydrogen-bond donors (Lipinski definition) is 0. The average molecular weight is 243 g/mol. The summed E-state index contributed by atoms with van der Waals surface area (Å²) in [5, 5.41) is 0. The Labute approximate surface area is 84.4 Å². The van der Waals surface area contributed by atoms with Crippen molar-refractivity contribution in [3.05, 3.63) is 40.1 Å². The number of allylic oxidation sites excluding steroid dienone is 1. The fourth-order valence-electron chi connectivity index (χ4n) is 0.893. The number of benzene rings is 1. The molecular formula is C10H8BrFO. The smallest absolute Gasteiger partial charge is 0.123 e. The Morgan fingerprint density at radius 1 is 1.46 bits per heavy atom. The van der Waals surface area contributed by atoms with Crippen molar-refractivity contribution >= 4 is 28.3 Å². The van der Waals surface area contributed by atoms with Crippen molar-refractivity contribution in [3.8, 4) is 0 Å². The molecule has 3 heteroatoms. The lowest BCUT2D eigenvalue weighted by atomic mass is 10.2. The van der Waals surface area contributed by atoms with Gasteiger partial charge in [0.05, 0.1) is 0 Å². The largest absolute Gasteiger partial charge is 0.303 e.